The van der Waals surface area contributed by atoms with Crippen molar-refractivity contribution in [2.75, 3.05) is 11.4 Å². The van der Waals surface area contributed by atoms with Crippen LogP contribution >= 0.6 is 0 Å². The van der Waals surface area contributed by atoms with Gasteiger partial charge in [-0.25, -0.2) is 4.98 Å². The first-order chi connectivity index (χ1) is 10.1. The number of nitrogens with one attached hydrogen (secondary N) is 1. The lowest BCUT2D eigenvalue weighted by Crippen LogP contribution is -2.33. The molecule has 118 valence electrons. The molecule has 1 unspecified atom stereocenters. The fourth-order valence-electron chi connectivity index (χ4n) is 3.00. The number of nitrogens with zero attached hydrogens (tertiary/aromatic N) is 2. The predicted octanol–water partition coefficient (Wildman–Crippen LogP) is 3.91. The van der Waals surface area contributed by atoms with Crippen molar-refractivity contribution in [3.8, 4) is 0 Å². The Morgan fingerprint density at radius 1 is 1.29 bits per heavy atom. The van der Waals surface area contributed by atoms with E-state index in [0.717, 1.165) is 19.5 Å². The van der Waals surface area contributed by atoms with E-state index in [1.54, 1.807) is 0 Å². The van der Waals surface area contributed by atoms with Crippen molar-refractivity contribution < 1.29 is 0 Å². The Labute approximate surface area is 130 Å². The summed E-state index contributed by atoms with van der Waals surface area (Å²) in [6, 6.07) is 5.67. The summed E-state index contributed by atoms with van der Waals surface area (Å²) in [6.07, 6.45) is 6.30. The van der Waals surface area contributed by atoms with Gasteiger partial charge in [-0.3, -0.25) is 0 Å². The van der Waals surface area contributed by atoms with E-state index < -0.39 is 0 Å². The maximum atomic E-state index is 4.89. The van der Waals surface area contributed by atoms with Gasteiger partial charge in [0.05, 0.1) is 0 Å². The number of hydrogen-bond donors (Lipinski definition) is 1. The van der Waals surface area contributed by atoms with Gasteiger partial charge >= 0.3 is 0 Å². The van der Waals surface area contributed by atoms with Gasteiger partial charge in [-0.1, -0.05) is 33.6 Å². The molecule has 1 atom stereocenters. The van der Waals surface area contributed by atoms with Crippen molar-refractivity contribution in [1.29, 1.82) is 0 Å². The monoisotopic (exact) mass is 289 g/mol. The lowest BCUT2D eigenvalue weighted by Gasteiger charge is -2.29. The van der Waals surface area contributed by atoms with E-state index in [-0.39, 0.29) is 0 Å². The molecule has 1 saturated heterocycles. The Bertz CT molecular complexity index is 442. The van der Waals surface area contributed by atoms with E-state index in [4.69, 9.17) is 4.98 Å². The van der Waals surface area contributed by atoms with Gasteiger partial charge in [-0.2, -0.15) is 0 Å². The van der Waals surface area contributed by atoms with Crippen LogP contribution in [-0.2, 0) is 13.0 Å². The Morgan fingerprint density at radius 2 is 2.10 bits per heavy atom. The molecule has 0 spiro atoms. The fraction of sp³-hybridized carbons (Fsp3) is 0.722. The first-order valence-electron chi connectivity index (χ1n) is 8.60. The maximum absolute atomic E-state index is 4.89. The first kappa shape index (κ1) is 16.3. The Morgan fingerprint density at radius 3 is 2.81 bits per heavy atom. The Hall–Kier alpha value is -1.09. The summed E-state index contributed by atoms with van der Waals surface area (Å²) in [7, 11) is 0. The number of rotatable bonds is 5. The van der Waals surface area contributed by atoms with Crippen LogP contribution in [0.5, 0.6) is 0 Å². The lowest BCUT2D eigenvalue weighted by atomic mass is 10.1. The van der Waals surface area contributed by atoms with E-state index >= 15 is 0 Å². The lowest BCUT2D eigenvalue weighted by molar-refractivity contribution is 0.585. The summed E-state index contributed by atoms with van der Waals surface area (Å²) in [4.78, 5) is 7.41. The van der Waals surface area contributed by atoms with Crippen LogP contribution in [0.3, 0.4) is 0 Å². The van der Waals surface area contributed by atoms with Crippen LogP contribution in [-0.4, -0.2) is 23.6 Å². The van der Waals surface area contributed by atoms with Gasteiger partial charge < -0.3 is 10.2 Å². The fourth-order valence-corrected chi connectivity index (χ4v) is 3.00. The topological polar surface area (TPSA) is 28.2 Å². The van der Waals surface area contributed by atoms with Crippen molar-refractivity contribution in [1.82, 2.24) is 10.3 Å². The summed E-state index contributed by atoms with van der Waals surface area (Å²) in [5, 5.41) is 3.52. The molecule has 1 aromatic heterocycles. The smallest absolute Gasteiger partial charge is 0.129 e. The van der Waals surface area contributed by atoms with Crippen LogP contribution < -0.4 is 10.2 Å². The summed E-state index contributed by atoms with van der Waals surface area (Å²) < 4.78 is 0. The molecule has 3 nitrogen and oxygen atoms in total. The largest absolute Gasteiger partial charge is 0.354 e. The summed E-state index contributed by atoms with van der Waals surface area (Å²) in [6.45, 7) is 11.0. The second-order valence-electron chi connectivity index (χ2n) is 6.61. The van der Waals surface area contributed by atoms with E-state index in [9.17, 15) is 0 Å². The highest BCUT2D eigenvalue weighted by atomic mass is 15.2. The minimum Gasteiger partial charge on any atom is -0.354 e. The second-order valence-corrected chi connectivity index (χ2v) is 6.61. The van der Waals surface area contributed by atoms with Crippen LogP contribution in [0.4, 0.5) is 5.82 Å². The molecule has 1 aromatic rings. The molecule has 2 heterocycles. The standard InChI is InChI=1S/C18H31N3/c1-5-17-11-16(13-19-14(2)3)12-18(20-17)21-10-8-6-7-9-15(21)4/h11-12,14-15,19H,5-10,13H2,1-4H3. The average molecular weight is 289 g/mol. The number of anilines is 1. The van der Waals surface area contributed by atoms with Crippen LogP contribution in [0.2, 0.25) is 0 Å². The van der Waals surface area contributed by atoms with Gasteiger partial charge in [0.25, 0.3) is 0 Å². The average Bonchev–Trinajstić information content (AvgIpc) is 2.69. The molecule has 1 aliphatic rings. The molecule has 0 saturated carbocycles. The zero-order chi connectivity index (χ0) is 15.2. The van der Waals surface area contributed by atoms with Crippen LogP contribution in [0.1, 0.15) is 64.6 Å². The van der Waals surface area contributed by atoms with Gasteiger partial charge in [-0.05, 0) is 43.9 Å². The Kier molecular flexibility index (Phi) is 6.04. The third kappa shape index (κ3) is 4.70. The zero-order valence-electron chi connectivity index (χ0n) is 14.2. The summed E-state index contributed by atoms with van der Waals surface area (Å²) in [5.41, 5.74) is 2.58. The third-order valence-electron chi connectivity index (χ3n) is 4.35. The maximum Gasteiger partial charge on any atom is 0.129 e. The van der Waals surface area contributed by atoms with Gasteiger partial charge in [0.2, 0.25) is 0 Å². The van der Waals surface area contributed by atoms with Gasteiger partial charge in [0.15, 0.2) is 0 Å². The first-order valence-corrected chi connectivity index (χ1v) is 8.60. The molecule has 1 fully saturated rings. The van der Waals surface area contributed by atoms with E-state index in [2.05, 4.69) is 50.0 Å². The SMILES string of the molecule is CCc1cc(CNC(C)C)cc(N2CCCCCC2C)n1. The van der Waals surface area contributed by atoms with E-state index in [0.29, 0.717) is 12.1 Å². The number of pyridine rings is 1. The quantitative estimate of drug-likeness (QED) is 0.890. The molecule has 0 bridgehead atoms. The summed E-state index contributed by atoms with van der Waals surface area (Å²) in [5.74, 6) is 1.18. The van der Waals surface area contributed by atoms with Crippen molar-refractivity contribution in [2.45, 2.75) is 78.4 Å². The molecule has 1 N–H and O–H groups in total. The second kappa shape index (κ2) is 7.79. The number of aromatic nitrogens is 1. The van der Waals surface area contributed by atoms with E-state index in [1.165, 1.54) is 42.8 Å². The molecular formula is C18H31N3. The molecular weight excluding hydrogens is 258 g/mol. The molecule has 0 amide bonds. The normalized spacial score (nSPS) is 19.9. The van der Waals surface area contributed by atoms with Gasteiger partial charge in [-0.15, -0.1) is 0 Å². The van der Waals surface area contributed by atoms with Gasteiger partial charge in [0.1, 0.15) is 5.82 Å². The third-order valence-corrected chi connectivity index (χ3v) is 4.35. The van der Waals surface area contributed by atoms with Crippen LogP contribution in [0.25, 0.3) is 0 Å². The number of aryl methyl sites for hydroxylation is 1. The molecule has 0 aromatic carbocycles. The van der Waals surface area contributed by atoms with Crippen LogP contribution in [0.15, 0.2) is 12.1 Å². The molecule has 0 aliphatic carbocycles. The Balaban J connectivity index is 2.22. The van der Waals surface area contributed by atoms with Crippen molar-refractivity contribution in [2.24, 2.45) is 0 Å². The zero-order valence-corrected chi connectivity index (χ0v) is 14.2. The minimum absolute atomic E-state index is 0.517. The highest BCUT2D eigenvalue weighted by Gasteiger charge is 2.19. The van der Waals surface area contributed by atoms with Gasteiger partial charge in [0, 0.05) is 30.9 Å². The number of hydrogen-bond acceptors (Lipinski definition) is 3. The molecule has 3 heteroatoms. The molecule has 0 radical (unpaired) electrons. The van der Waals surface area contributed by atoms with Crippen molar-refractivity contribution in [3.05, 3.63) is 23.4 Å². The minimum atomic E-state index is 0.517. The van der Waals surface area contributed by atoms with E-state index in [1.807, 2.05) is 0 Å². The predicted molar refractivity (Wildman–Crippen MR) is 90.9 cm³/mol. The highest BCUT2D eigenvalue weighted by Crippen LogP contribution is 2.24. The highest BCUT2D eigenvalue weighted by molar-refractivity contribution is 5.44. The van der Waals surface area contributed by atoms with Crippen LogP contribution in [0, 0.1) is 0 Å². The van der Waals surface area contributed by atoms with Crippen molar-refractivity contribution >= 4 is 5.82 Å². The summed E-state index contributed by atoms with van der Waals surface area (Å²) >= 11 is 0. The van der Waals surface area contributed by atoms with Crippen molar-refractivity contribution in [3.63, 3.8) is 0 Å². The molecule has 2 rings (SSSR count). The molecule has 21 heavy (non-hydrogen) atoms. The molecule has 1 aliphatic heterocycles.